The molecule has 2 N–H and O–H groups in total. The zero-order chi connectivity index (χ0) is 20.7. The highest BCUT2D eigenvalue weighted by Crippen LogP contribution is 2.42. The van der Waals surface area contributed by atoms with Gasteiger partial charge in [0.2, 0.25) is 0 Å². The second-order valence-electron chi connectivity index (χ2n) is 8.15. The Kier molecular flexibility index (Phi) is 4.50. The van der Waals surface area contributed by atoms with Gasteiger partial charge in [-0.05, 0) is 48.2 Å². The van der Waals surface area contributed by atoms with Crippen LogP contribution >= 0.6 is 0 Å². The molecular formula is C24H25N3O3. The topological polar surface area (TPSA) is 77.7 Å². The Morgan fingerprint density at radius 1 is 1.17 bits per heavy atom. The van der Waals surface area contributed by atoms with Crippen LogP contribution in [-0.4, -0.2) is 41.7 Å². The van der Waals surface area contributed by atoms with Crippen molar-refractivity contribution in [3.8, 4) is 22.6 Å². The second-order valence-corrected chi connectivity index (χ2v) is 8.15. The zero-order valence-electron chi connectivity index (χ0n) is 17.1. The number of methoxy groups -OCH3 is 1. The van der Waals surface area contributed by atoms with Gasteiger partial charge in [0.25, 0.3) is 0 Å². The Labute approximate surface area is 175 Å². The van der Waals surface area contributed by atoms with Crippen molar-refractivity contribution in [2.24, 2.45) is 5.73 Å². The smallest absolute Gasteiger partial charge is 0.314 e. The Balaban J connectivity index is 1.44. The van der Waals surface area contributed by atoms with Crippen molar-refractivity contribution in [3.63, 3.8) is 0 Å². The maximum atomic E-state index is 11.4. The molecule has 5 rings (SSSR count). The van der Waals surface area contributed by atoms with E-state index in [-0.39, 0.29) is 11.6 Å². The second kappa shape index (κ2) is 7.20. The maximum Gasteiger partial charge on any atom is 0.314 e. The lowest BCUT2D eigenvalue weighted by Crippen LogP contribution is -2.52. The van der Waals surface area contributed by atoms with Gasteiger partial charge < -0.3 is 20.1 Å². The molecule has 154 valence electrons. The summed E-state index contributed by atoms with van der Waals surface area (Å²) in [5, 5.41) is 1.06. The van der Waals surface area contributed by atoms with Gasteiger partial charge in [0, 0.05) is 43.1 Å². The van der Waals surface area contributed by atoms with Crippen LogP contribution in [0.3, 0.4) is 0 Å². The van der Waals surface area contributed by atoms with E-state index in [2.05, 4.69) is 35.3 Å². The normalized spacial score (nSPS) is 17.4. The fraction of sp³-hybridized carbons (Fsp3) is 0.333. The summed E-state index contributed by atoms with van der Waals surface area (Å²) in [5.74, 6) is 1.73. The SMILES string of the molecule is COc1c(-c2ccc3c(c2)CCC2(CCN(C(N)=O)CC2)O3)ccc2cccnc12. The van der Waals surface area contributed by atoms with Crippen molar-refractivity contribution in [1.82, 2.24) is 9.88 Å². The van der Waals surface area contributed by atoms with Gasteiger partial charge in [-0.25, -0.2) is 4.79 Å². The fourth-order valence-corrected chi connectivity index (χ4v) is 4.73. The number of piperidine rings is 1. The van der Waals surface area contributed by atoms with Gasteiger partial charge in [-0.2, -0.15) is 0 Å². The highest BCUT2D eigenvalue weighted by atomic mass is 16.5. The van der Waals surface area contributed by atoms with Gasteiger partial charge in [0.05, 0.1) is 7.11 Å². The van der Waals surface area contributed by atoms with Crippen LogP contribution in [0, 0.1) is 0 Å². The van der Waals surface area contributed by atoms with Gasteiger partial charge in [-0.15, -0.1) is 0 Å². The molecule has 0 radical (unpaired) electrons. The lowest BCUT2D eigenvalue weighted by atomic mass is 9.82. The standard InChI is InChI=1S/C24H25N3O3/c1-29-22-19(6-4-16-3-2-12-26-21(16)22)17-5-7-20-18(15-17)8-9-24(30-20)10-13-27(14-11-24)23(25)28/h2-7,12,15H,8-11,13-14H2,1H3,(H2,25,28). The number of fused-ring (bicyclic) bond motifs is 2. The Morgan fingerprint density at radius 2 is 2.00 bits per heavy atom. The predicted molar refractivity (Wildman–Crippen MR) is 116 cm³/mol. The first-order valence-electron chi connectivity index (χ1n) is 10.4. The minimum atomic E-state index is -0.343. The molecule has 0 unspecified atom stereocenters. The van der Waals surface area contributed by atoms with Crippen LogP contribution in [0.2, 0.25) is 0 Å². The summed E-state index contributed by atoms with van der Waals surface area (Å²) in [6.07, 6.45) is 5.33. The molecule has 1 saturated heterocycles. The third-order valence-corrected chi connectivity index (χ3v) is 6.47. The van der Waals surface area contributed by atoms with Crippen molar-refractivity contribution < 1.29 is 14.3 Å². The van der Waals surface area contributed by atoms with Crippen molar-refractivity contribution in [1.29, 1.82) is 0 Å². The molecule has 2 aliphatic rings. The van der Waals surface area contributed by atoms with Gasteiger partial charge in [0.1, 0.15) is 16.9 Å². The average Bonchev–Trinajstić information content (AvgIpc) is 2.78. The molecule has 3 aromatic rings. The zero-order valence-corrected chi connectivity index (χ0v) is 17.1. The molecule has 0 atom stereocenters. The lowest BCUT2D eigenvalue weighted by Gasteiger charge is -2.44. The Bertz CT molecular complexity index is 1120. The van der Waals surface area contributed by atoms with E-state index in [0.29, 0.717) is 13.1 Å². The number of amides is 2. The number of primary amides is 1. The number of aryl methyl sites for hydroxylation is 1. The van der Waals surface area contributed by atoms with Gasteiger partial charge in [0.15, 0.2) is 5.75 Å². The van der Waals surface area contributed by atoms with E-state index >= 15 is 0 Å². The number of likely N-dealkylation sites (tertiary alicyclic amines) is 1. The molecule has 0 saturated carbocycles. The van der Waals surface area contributed by atoms with Crippen molar-refractivity contribution in [2.45, 2.75) is 31.3 Å². The number of pyridine rings is 1. The van der Waals surface area contributed by atoms with E-state index in [1.807, 2.05) is 12.1 Å². The number of aromatic nitrogens is 1. The highest BCUT2D eigenvalue weighted by molar-refractivity contribution is 5.92. The first-order chi connectivity index (χ1) is 14.6. The largest absolute Gasteiger partial charge is 0.494 e. The third-order valence-electron chi connectivity index (χ3n) is 6.47. The minimum absolute atomic E-state index is 0.189. The molecule has 1 aromatic heterocycles. The number of nitrogens with two attached hydrogens (primary N) is 1. The molecule has 3 heterocycles. The van der Waals surface area contributed by atoms with Crippen LogP contribution in [-0.2, 0) is 6.42 Å². The van der Waals surface area contributed by atoms with Gasteiger partial charge in [-0.1, -0.05) is 18.2 Å². The molecule has 2 amide bonds. The number of carbonyl (C=O) groups is 1. The Morgan fingerprint density at radius 3 is 2.77 bits per heavy atom. The molecular weight excluding hydrogens is 378 g/mol. The van der Waals surface area contributed by atoms with Crippen LogP contribution < -0.4 is 15.2 Å². The summed E-state index contributed by atoms with van der Waals surface area (Å²) >= 11 is 0. The molecule has 0 bridgehead atoms. The summed E-state index contributed by atoms with van der Waals surface area (Å²) in [5.41, 5.74) is 9.44. The molecule has 2 aromatic carbocycles. The van der Waals surface area contributed by atoms with E-state index in [1.165, 1.54) is 5.56 Å². The molecule has 0 aliphatic carbocycles. The summed E-state index contributed by atoms with van der Waals surface area (Å²) in [7, 11) is 1.69. The maximum absolute atomic E-state index is 11.4. The van der Waals surface area contributed by atoms with Crippen LogP contribution in [0.4, 0.5) is 4.79 Å². The van der Waals surface area contributed by atoms with E-state index in [1.54, 1.807) is 18.2 Å². The summed E-state index contributed by atoms with van der Waals surface area (Å²) < 4.78 is 12.2. The fourth-order valence-electron chi connectivity index (χ4n) is 4.73. The quantitative estimate of drug-likeness (QED) is 0.697. The van der Waals surface area contributed by atoms with Crippen LogP contribution in [0.15, 0.2) is 48.7 Å². The van der Waals surface area contributed by atoms with Crippen molar-refractivity contribution in [2.75, 3.05) is 20.2 Å². The van der Waals surface area contributed by atoms with Gasteiger partial charge in [-0.3, -0.25) is 4.98 Å². The highest BCUT2D eigenvalue weighted by Gasteiger charge is 2.40. The number of urea groups is 1. The molecule has 30 heavy (non-hydrogen) atoms. The van der Waals surface area contributed by atoms with Gasteiger partial charge >= 0.3 is 6.03 Å². The summed E-state index contributed by atoms with van der Waals surface area (Å²) in [6.45, 7) is 1.31. The predicted octanol–water partition coefficient (Wildman–Crippen LogP) is 4.15. The van der Waals surface area contributed by atoms with Crippen LogP contribution in [0.25, 0.3) is 22.0 Å². The van der Waals surface area contributed by atoms with Crippen molar-refractivity contribution in [3.05, 3.63) is 54.2 Å². The first kappa shape index (κ1) is 18.7. The minimum Gasteiger partial charge on any atom is -0.494 e. The van der Waals surface area contributed by atoms with Crippen molar-refractivity contribution >= 4 is 16.9 Å². The summed E-state index contributed by atoms with van der Waals surface area (Å²) in [4.78, 5) is 17.6. The number of rotatable bonds is 2. The average molecular weight is 403 g/mol. The molecule has 6 heteroatoms. The summed E-state index contributed by atoms with van der Waals surface area (Å²) in [6, 6.07) is 14.2. The van der Waals surface area contributed by atoms with Crippen LogP contribution in [0.1, 0.15) is 24.8 Å². The molecule has 1 fully saturated rings. The molecule has 2 aliphatic heterocycles. The van der Waals surface area contributed by atoms with E-state index in [9.17, 15) is 4.79 Å². The monoisotopic (exact) mass is 403 g/mol. The Hall–Kier alpha value is -3.28. The van der Waals surface area contributed by atoms with Crippen LogP contribution in [0.5, 0.6) is 11.5 Å². The van der Waals surface area contributed by atoms with E-state index in [4.69, 9.17) is 15.2 Å². The molecule has 6 nitrogen and oxygen atoms in total. The number of hydrogen-bond donors (Lipinski definition) is 1. The number of hydrogen-bond acceptors (Lipinski definition) is 4. The number of ether oxygens (including phenoxy) is 2. The first-order valence-corrected chi connectivity index (χ1v) is 10.4. The van der Waals surface area contributed by atoms with E-state index in [0.717, 1.165) is 59.2 Å². The number of benzene rings is 2. The molecule has 1 spiro atoms. The van der Waals surface area contributed by atoms with E-state index < -0.39 is 0 Å². The third kappa shape index (κ3) is 3.12. The number of nitrogens with zero attached hydrogens (tertiary/aromatic N) is 2. The lowest BCUT2D eigenvalue weighted by molar-refractivity contribution is -0.00471. The number of carbonyl (C=O) groups excluding carboxylic acids is 1.